The van der Waals surface area contributed by atoms with Crippen LogP contribution in [-0.2, 0) is 4.79 Å². The van der Waals surface area contributed by atoms with Crippen LogP contribution in [-0.4, -0.2) is 87.1 Å². The molecule has 0 bridgehead atoms. The minimum absolute atomic E-state index is 0.0849. The Morgan fingerprint density at radius 3 is 2.79 bits per heavy atom. The lowest BCUT2D eigenvalue weighted by Gasteiger charge is -2.20. The molecule has 1 unspecified atom stereocenters. The molecule has 0 aromatic heterocycles. The molecule has 7 nitrogen and oxygen atoms in total. The smallest absolute Gasteiger partial charge is 0.229 e. The van der Waals surface area contributed by atoms with Crippen molar-refractivity contribution in [3.63, 3.8) is 0 Å². The van der Waals surface area contributed by atoms with Crippen molar-refractivity contribution in [1.29, 1.82) is 0 Å². The summed E-state index contributed by atoms with van der Waals surface area (Å²) in [6.07, 6.45) is 2.80. The number of carbonyl (C=O) groups is 1. The van der Waals surface area contributed by atoms with Gasteiger partial charge in [0, 0.05) is 44.8 Å². The van der Waals surface area contributed by atoms with Crippen LogP contribution >= 0.6 is 0 Å². The second-order valence-electron chi connectivity index (χ2n) is 8.00. The second kappa shape index (κ2) is 11.2. The molecule has 29 heavy (non-hydrogen) atoms. The number of hydrogen-bond donors (Lipinski definition) is 2. The Hall–Kier alpha value is -2.12. The maximum Gasteiger partial charge on any atom is 0.229 e. The third-order valence-electron chi connectivity index (χ3n) is 5.59. The number of rotatable bonds is 7. The molecule has 0 saturated carbocycles. The summed E-state index contributed by atoms with van der Waals surface area (Å²) in [5, 5.41) is 6.78. The molecule has 2 aliphatic heterocycles. The van der Waals surface area contributed by atoms with E-state index >= 15 is 0 Å². The van der Waals surface area contributed by atoms with Gasteiger partial charge in [-0.15, -0.1) is 0 Å². The van der Waals surface area contributed by atoms with Gasteiger partial charge in [0.1, 0.15) is 0 Å². The number of aliphatic imine (C=N–C) groups is 1. The zero-order chi connectivity index (χ0) is 20.5. The second-order valence-corrected chi connectivity index (χ2v) is 8.00. The summed E-state index contributed by atoms with van der Waals surface area (Å²) < 4.78 is 0. The minimum Gasteiger partial charge on any atom is -0.357 e. The Morgan fingerprint density at radius 1 is 1.17 bits per heavy atom. The fraction of sp³-hybridized carbons (Fsp3) is 0.636. The Morgan fingerprint density at radius 2 is 2.00 bits per heavy atom. The van der Waals surface area contributed by atoms with E-state index in [1.165, 1.54) is 19.5 Å². The molecule has 2 heterocycles. The molecule has 1 aromatic carbocycles. The maximum absolute atomic E-state index is 12.4. The molecule has 3 rings (SSSR count). The van der Waals surface area contributed by atoms with E-state index in [4.69, 9.17) is 4.99 Å². The van der Waals surface area contributed by atoms with Crippen molar-refractivity contribution in [3.8, 4) is 0 Å². The van der Waals surface area contributed by atoms with Gasteiger partial charge in [-0.2, -0.15) is 0 Å². The first-order valence-corrected chi connectivity index (χ1v) is 11.0. The fourth-order valence-corrected chi connectivity index (χ4v) is 3.98. The fourth-order valence-electron chi connectivity index (χ4n) is 3.98. The first-order valence-electron chi connectivity index (χ1n) is 11.0. The molecule has 2 saturated heterocycles. The average molecular weight is 401 g/mol. The molecule has 0 aliphatic carbocycles. The maximum atomic E-state index is 12.4. The summed E-state index contributed by atoms with van der Waals surface area (Å²) in [5.41, 5.74) is 0.965. The summed E-state index contributed by atoms with van der Waals surface area (Å²) in [7, 11) is 2.20. The minimum atomic E-state index is 0.0849. The van der Waals surface area contributed by atoms with Crippen molar-refractivity contribution in [3.05, 3.63) is 30.3 Å². The van der Waals surface area contributed by atoms with Crippen molar-refractivity contribution in [2.75, 3.05) is 64.3 Å². The highest BCUT2D eigenvalue weighted by Crippen LogP contribution is 2.20. The highest BCUT2D eigenvalue weighted by molar-refractivity contribution is 5.97. The zero-order valence-electron chi connectivity index (χ0n) is 17.9. The van der Waals surface area contributed by atoms with E-state index in [0.717, 1.165) is 50.8 Å². The molecule has 2 N–H and O–H groups in total. The van der Waals surface area contributed by atoms with E-state index in [1.54, 1.807) is 0 Å². The van der Waals surface area contributed by atoms with Crippen molar-refractivity contribution in [2.45, 2.75) is 32.2 Å². The van der Waals surface area contributed by atoms with Crippen LogP contribution in [0.1, 0.15) is 26.2 Å². The molecule has 0 spiro atoms. The summed E-state index contributed by atoms with van der Waals surface area (Å²) in [6, 6.07) is 9.97. The first-order chi connectivity index (χ1) is 14.2. The van der Waals surface area contributed by atoms with Gasteiger partial charge in [-0.05, 0) is 58.6 Å². The predicted molar refractivity (Wildman–Crippen MR) is 119 cm³/mol. The molecule has 1 aromatic rings. The van der Waals surface area contributed by atoms with E-state index in [1.807, 2.05) is 35.2 Å². The lowest BCUT2D eigenvalue weighted by molar-refractivity contribution is -0.117. The van der Waals surface area contributed by atoms with Gasteiger partial charge in [0.25, 0.3) is 0 Å². The van der Waals surface area contributed by atoms with Crippen LogP contribution in [0.2, 0.25) is 0 Å². The SMILES string of the molecule is CCNC(=NCCCN1CCCN(C)CC1)NC1CC(=O)N(c2ccccc2)C1. The Bertz CT molecular complexity index is 665. The highest BCUT2D eigenvalue weighted by Gasteiger charge is 2.31. The Kier molecular flexibility index (Phi) is 8.31. The third kappa shape index (κ3) is 6.72. The molecule has 2 fully saturated rings. The first kappa shape index (κ1) is 21.6. The van der Waals surface area contributed by atoms with Gasteiger partial charge in [0.15, 0.2) is 5.96 Å². The molecular formula is C22H36N6O. The summed E-state index contributed by atoms with van der Waals surface area (Å²) >= 11 is 0. The molecule has 160 valence electrons. The number of hydrogen-bond acceptors (Lipinski definition) is 4. The standard InChI is InChI=1S/C22H36N6O/c1-3-23-22(24-11-7-13-27-14-8-12-26(2)15-16-27)25-19-17-21(29)28(18-19)20-9-5-4-6-10-20/h4-6,9-10,19H,3,7-8,11-18H2,1-2H3,(H2,23,24,25). The number of anilines is 1. The molecular weight excluding hydrogens is 364 g/mol. The molecule has 7 heteroatoms. The quantitative estimate of drug-likeness (QED) is 0.411. The zero-order valence-corrected chi connectivity index (χ0v) is 17.9. The number of likely N-dealkylation sites (N-methyl/N-ethyl adjacent to an activating group) is 1. The van der Waals surface area contributed by atoms with Crippen molar-refractivity contribution in [1.82, 2.24) is 20.4 Å². The summed E-state index contributed by atoms with van der Waals surface area (Å²) in [4.78, 5) is 24.0. The number of amides is 1. The van der Waals surface area contributed by atoms with E-state index in [2.05, 4.69) is 34.4 Å². The van der Waals surface area contributed by atoms with Crippen LogP contribution in [0.4, 0.5) is 5.69 Å². The number of nitrogens with one attached hydrogen (secondary N) is 2. The summed E-state index contributed by atoms with van der Waals surface area (Å²) in [6.45, 7) is 10.1. The number of benzene rings is 1. The highest BCUT2D eigenvalue weighted by atomic mass is 16.2. The number of carbonyl (C=O) groups excluding carboxylic acids is 1. The molecule has 0 radical (unpaired) electrons. The van der Waals surface area contributed by atoms with Crippen LogP contribution in [0.5, 0.6) is 0 Å². The number of para-hydroxylation sites is 1. The average Bonchev–Trinajstić information content (AvgIpc) is 2.96. The number of nitrogens with zero attached hydrogens (tertiary/aromatic N) is 4. The van der Waals surface area contributed by atoms with Crippen molar-refractivity contribution in [2.24, 2.45) is 4.99 Å². The van der Waals surface area contributed by atoms with Gasteiger partial charge >= 0.3 is 0 Å². The van der Waals surface area contributed by atoms with E-state index in [-0.39, 0.29) is 11.9 Å². The van der Waals surface area contributed by atoms with E-state index < -0.39 is 0 Å². The van der Waals surface area contributed by atoms with Crippen molar-refractivity contribution < 1.29 is 4.79 Å². The van der Waals surface area contributed by atoms with Gasteiger partial charge in [-0.25, -0.2) is 0 Å². The van der Waals surface area contributed by atoms with E-state index in [9.17, 15) is 4.79 Å². The Balaban J connectivity index is 1.46. The predicted octanol–water partition coefficient (Wildman–Crippen LogP) is 1.37. The van der Waals surface area contributed by atoms with Gasteiger partial charge < -0.3 is 25.3 Å². The van der Waals surface area contributed by atoms with Gasteiger partial charge in [-0.1, -0.05) is 18.2 Å². The van der Waals surface area contributed by atoms with Crippen LogP contribution in [0.3, 0.4) is 0 Å². The lowest BCUT2D eigenvalue weighted by atomic mass is 10.2. The van der Waals surface area contributed by atoms with Crippen LogP contribution in [0.25, 0.3) is 0 Å². The lowest BCUT2D eigenvalue weighted by Crippen LogP contribution is -2.44. The van der Waals surface area contributed by atoms with Gasteiger partial charge in [0.2, 0.25) is 5.91 Å². The molecule has 1 atom stereocenters. The number of guanidine groups is 1. The normalized spacial score (nSPS) is 22.0. The summed E-state index contributed by atoms with van der Waals surface area (Å²) in [5.74, 6) is 0.978. The van der Waals surface area contributed by atoms with Gasteiger partial charge in [0.05, 0.1) is 6.04 Å². The largest absolute Gasteiger partial charge is 0.357 e. The Labute approximate surface area is 175 Å². The third-order valence-corrected chi connectivity index (χ3v) is 5.59. The molecule has 1 amide bonds. The van der Waals surface area contributed by atoms with Gasteiger partial charge in [-0.3, -0.25) is 9.79 Å². The molecule has 2 aliphatic rings. The van der Waals surface area contributed by atoms with Crippen LogP contribution in [0.15, 0.2) is 35.3 Å². The monoisotopic (exact) mass is 400 g/mol. The van der Waals surface area contributed by atoms with Crippen LogP contribution < -0.4 is 15.5 Å². The topological polar surface area (TPSA) is 63.2 Å². The van der Waals surface area contributed by atoms with Crippen LogP contribution in [0, 0.1) is 0 Å². The van der Waals surface area contributed by atoms with Crippen molar-refractivity contribution >= 4 is 17.6 Å². The van der Waals surface area contributed by atoms with E-state index in [0.29, 0.717) is 13.0 Å².